The number of benzene rings is 2. The van der Waals surface area contributed by atoms with Gasteiger partial charge in [0, 0.05) is 36.8 Å². The number of rotatable bonds is 8. The highest BCUT2D eigenvalue weighted by Crippen LogP contribution is 2.14. The van der Waals surface area contributed by atoms with Crippen LogP contribution in [-0.2, 0) is 13.0 Å². The van der Waals surface area contributed by atoms with E-state index in [2.05, 4.69) is 27.9 Å². The van der Waals surface area contributed by atoms with Crippen LogP contribution in [0.15, 0.2) is 53.5 Å². The Kier molecular flexibility index (Phi) is 11.7. The maximum absolute atomic E-state index is 12.3. The molecule has 2 aromatic rings. The summed E-state index contributed by atoms with van der Waals surface area (Å²) in [6.07, 6.45) is 1.72. The summed E-state index contributed by atoms with van der Waals surface area (Å²) in [6.45, 7) is 5.36. The van der Waals surface area contributed by atoms with Gasteiger partial charge >= 0.3 is 0 Å². The highest BCUT2D eigenvalue weighted by Gasteiger charge is 2.09. The Balaban J connectivity index is 0.00000420. The van der Waals surface area contributed by atoms with Gasteiger partial charge in [0.05, 0.1) is 0 Å². The number of aliphatic imine (C=N–C) groups is 1. The van der Waals surface area contributed by atoms with Gasteiger partial charge in [0.15, 0.2) is 5.96 Å². The van der Waals surface area contributed by atoms with Crippen molar-refractivity contribution in [2.45, 2.75) is 39.3 Å². The number of nitrogens with one attached hydrogen (secondary N) is 3. The van der Waals surface area contributed by atoms with Gasteiger partial charge < -0.3 is 16.0 Å². The van der Waals surface area contributed by atoms with Crippen molar-refractivity contribution in [2.75, 3.05) is 13.6 Å². The van der Waals surface area contributed by atoms with Gasteiger partial charge in [-0.25, -0.2) is 0 Å². The molecule has 0 aliphatic rings. The molecule has 5 nitrogen and oxygen atoms in total. The van der Waals surface area contributed by atoms with Crippen molar-refractivity contribution in [1.82, 2.24) is 16.0 Å². The first-order chi connectivity index (χ1) is 13.5. The van der Waals surface area contributed by atoms with Gasteiger partial charge in [-0.2, -0.15) is 0 Å². The molecule has 0 radical (unpaired) electrons. The molecule has 0 saturated heterocycles. The zero-order valence-electron chi connectivity index (χ0n) is 17.2. The number of carbonyl (C=O) groups excluding carboxylic acids is 1. The van der Waals surface area contributed by atoms with Gasteiger partial charge in [0.2, 0.25) is 0 Å². The molecule has 0 saturated carbocycles. The van der Waals surface area contributed by atoms with Crippen molar-refractivity contribution in [3.05, 3.63) is 70.2 Å². The molecule has 2 aromatic carbocycles. The smallest absolute Gasteiger partial charge is 0.251 e. The van der Waals surface area contributed by atoms with Crippen LogP contribution in [0, 0.1) is 0 Å². The summed E-state index contributed by atoms with van der Waals surface area (Å²) in [4.78, 5) is 16.5. The highest BCUT2D eigenvalue weighted by atomic mass is 127. The van der Waals surface area contributed by atoms with Gasteiger partial charge in [0.25, 0.3) is 5.91 Å². The summed E-state index contributed by atoms with van der Waals surface area (Å²) in [5, 5.41) is 10.3. The van der Waals surface area contributed by atoms with E-state index >= 15 is 0 Å². The standard InChI is InChI=1S/C22H29ClN4O.HI/c1-4-16(2)27-21(28)19-10-7-8-17(14-19)15-26-22(24-3)25-13-12-18-9-5-6-11-20(18)23;/h5-11,14,16H,4,12-13,15H2,1-3H3,(H,27,28)(H2,24,25,26);1H. The van der Waals surface area contributed by atoms with Crippen LogP contribution in [0.4, 0.5) is 0 Å². The van der Waals surface area contributed by atoms with E-state index in [-0.39, 0.29) is 35.9 Å². The van der Waals surface area contributed by atoms with E-state index < -0.39 is 0 Å². The molecule has 158 valence electrons. The summed E-state index contributed by atoms with van der Waals surface area (Å²) < 4.78 is 0. The molecule has 1 unspecified atom stereocenters. The second-order valence-corrected chi connectivity index (χ2v) is 7.08. The summed E-state index contributed by atoms with van der Waals surface area (Å²) >= 11 is 6.19. The van der Waals surface area contributed by atoms with E-state index in [4.69, 9.17) is 11.6 Å². The van der Waals surface area contributed by atoms with Gasteiger partial charge in [-0.3, -0.25) is 9.79 Å². The molecule has 0 spiro atoms. The Morgan fingerprint density at radius 1 is 1.14 bits per heavy atom. The van der Waals surface area contributed by atoms with Crippen LogP contribution in [0.3, 0.4) is 0 Å². The zero-order chi connectivity index (χ0) is 20.4. The maximum atomic E-state index is 12.3. The minimum absolute atomic E-state index is 0. The maximum Gasteiger partial charge on any atom is 0.251 e. The average molecular weight is 529 g/mol. The summed E-state index contributed by atoms with van der Waals surface area (Å²) in [5.41, 5.74) is 2.79. The Morgan fingerprint density at radius 2 is 1.90 bits per heavy atom. The van der Waals surface area contributed by atoms with E-state index in [0.29, 0.717) is 18.1 Å². The van der Waals surface area contributed by atoms with Gasteiger partial charge in [0.1, 0.15) is 0 Å². The fourth-order valence-corrected chi connectivity index (χ4v) is 2.89. The van der Waals surface area contributed by atoms with Crippen LogP contribution in [0.5, 0.6) is 0 Å². The topological polar surface area (TPSA) is 65.5 Å². The lowest BCUT2D eigenvalue weighted by molar-refractivity contribution is 0.0939. The molecule has 0 aliphatic heterocycles. The number of nitrogens with zero attached hydrogens (tertiary/aromatic N) is 1. The second-order valence-electron chi connectivity index (χ2n) is 6.68. The quantitative estimate of drug-likeness (QED) is 0.270. The summed E-state index contributed by atoms with van der Waals surface area (Å²) in [6, 6.07) is 15.6. The Morgan fingerprint density at radius 3 is 2.59 bits per heavy atom. The van der Waals surface area contributed by atoms with Gasteiger partial charge in [-0.05, 0) is 49.1 Å². The zero-order valence-corrected chi connectivity index (χ0v) is 20.3. The van der Waals surface area contributed by atoms with Crippen molar-refractivity contribution >= 4 is 47.4 Å². The van der Waals surface area contributed by atoms with Crippen molar-refractivity contribution in [1.29, 1.82) is 0 Å². The van der Waals surface area contributed by atoms with Crippen LogP contribution in [-0.4, -0.2) is 31.5 Å². The van der Waals surface area contributed by atoms with E-state index in [1.807, 2.05) is 55.5 Å². The van der Waals surface area contributed by atoms with Crippen molar-refractivity contribution < 1.29 is 4.79 Å². The first-order valence-electron chi connectivity index (χ1n) is 9.61. The summed E-state index contributed by atoms with van der Waals surface area (Å²) in [7, 11) is 1.74. The molecular weight excluding hydrogens is 499 g/mol. The minimum atomic E-state index is -0.0431. The highest BCUT2D eigenvalue weighted by molar-refractivity contribution is 14.0. The monoisotopic (exact) mass is 528 g/mol. The van der Waals surface area contributed by atoms with E-state index in [9.17, 15) is 4.79 Å². The average Bonchev–Trinajstić information content (AvgIpc) is 2.71. The van der Waals surface area contributed by atoms with Crippen LogP contribution in [0.2, 0.25) is 5.02 Å². The SMILES string of the molecule is CCC(C)NC(=O)c1cccc(CNC(=NC)NCCc2ccccc2Cl)c1.I. The summed E-state index contributed by atoms with van der Waals surface area (Å²) in [5.74, 6) is 0.667. The minimum Gasteiger partial charge on any atom is -0.356 e. The fourth-order valence-electron chi connectivity index (χ4n) is 2.65. The van der Waals surface area contributed by atoms with Crippen LogP contribution < -0.4 is 16.0 Å². The lowest BCUT2D eigenvalue weighted by Crippen LogP contribution is -2.38. The molecule has 0 aliphatic carbocycles. The Hall–Kier alpha value is -1.80. The molecule has 0 aromatic heterocycles. The third kappa shape index (κ3) is 8.62. The Labute approximate surface area is 195 Å². The molecule has 2 rings (SSSR count). The van der Waals surface area contributed by atoms with Crippen LogP contribution in [0.25, 0.3) is 0 Å². The number of hydrogen-bond donors (Lipinski definition) is 3. The molecule has 1 atom stereocenters. The van der Waals surface area contributed by atoms with E-state index in [1.165, 1.54) is 0 Å². The number of hydrogen-bond acceptors (Lipinski definition) is 2. The van der Waals surface area contributed by atoms with Crippen LogP contribution >= 0.6 is 35.6 Å². The largest absolute Gasteiger partial charge is 0.356 e. The predicted octanol–water partition coefficient (Wildman–Crippen LogP) is 4.39. The lowest BCUT2D eigenvalue weighted by atomic mass is 10.1. The molecule has 0 heterocycles. The van der Waals surface area contributed by atoms with Crippen LogP contribution in [0.1, 0.15) is 41.8 Å². The van der Waals surface area contributed by atoms with Crippen molar-refractivity contribution in [3.63, 3.8) is 0 Å². The number of guanidine groups is 1. The molecular formula is C22H30ClIN4O. The van der Waals surface area contributed by atoms with Gasteiger partial charge in [-0.1, -0.05) is 48.9 Å². The molecule has 3 N–H and O–H groups in total. The number of carbonyl (C=O) groups is 1. The predicted molar refractivity (Wildman–Crippen MR) is 132 cm³/mol. The molecule has 29 heavy (non-hydrogen) atoms. The third-order valence-electron chi connectivity index (χ3n) is 4.51. The third-order valence-corrected chi connectivity index (χ3v) is 4.88. The van der Waals surface area contributed by atoms with Gasteiger partial charge in [-0.15, -0.1) is 24.0 Å². The molecule has 7 heteroatoms. The molecule has 0 bridgehead atoms. The molecule has 1 amide bonds. The number of halogens is 2. The normalized spacial score (nSPS) is 11.9. The second kappa shape index (κ2) is 13.4. The first kappa shape index (κ1) is 25.2. The number of amides is 1. The van der Waals surface area contributed by atoms with Crippen molar-refractivity contribution in [2.24, 2.45) is 4.99 Å². The Bertz CT molecular complexity index is 813. The molecule has 0 fully saturated rings. The first-order valence-corrected chi connectivity index (χ1v) is 9.99. The van der Waals surface area contributed by atoms with E-state index in [1.54, 1.807) is 7.05 Å². The van der Waals surface area contributed by atoms with Crippen molar-refractivity contribution in [3.8, 4) is 0 Å². The fraction of sp³-hybridized carbons (Fsp3) is 0.364. The lowest BCUT2D eigenvalue weighted by Gasteiger charge is -2.14. The van der Waals surface area contributed by atoms with E-state index in [0.717, 1.165) is 35.5 Å².